The van der Waals surface area contributed by atoms with Gasteiger partial charge >= 0.3 is 0 Å². The van der Waals surface area contributed by atoms with E-state index in [0.29, 0.717) is 21.7 Å². The topological polar surface area (TPSA) is 38.1 Å². The molecule has 0 radical (unpaired) electrons. The first-order chi connectivity index (χ1) is 8.74. The molecule has 0 spiro atoms. The fourth-order valence-corrected chi connectivity index (χ4v) is 1.99. The van der Waals surface area contributed by atoms with Crippen LogP contribution in [0, 0.1) is 0 Å². The number of aromatic nitrogens is 1. The molecule has 90 valence electrons. The van der Waals surface area contributed by atoms with Crippen LogP contribution in [0.15, 0.2) is 46.9 Å². The SMILES string of the molecule is Clc1cccc(Nc2nc3ccccc3o2)c1Cl. The summed E-state index contributed by atoms with van der Waals surface area (Å²) in [5.74, 6) is 0. The van der Waals surface area contributed by atoms with Crippen LogP contribution in [-0.2, 0) is 0 Å². The second kappa shape index (κ2) is 4.52. The van der Waals surface area contributed by atoms with Gasteiger partial charge in [0, 0.05) is 0 Å². The summed E-state index contributed by atoms with van der Waals surface area (Å²) in [5.41, 5.74) is 2.17. The standard InChI is InChI=1S/C13H8Cl2N2O/c14-8-4-3-6-10(12(8)15)17-13-16-9-5-1-2-7-11(9)18-13/h1-7H,(H,16,17). The summed E-state index contributed by atoms with van der Waals surface area (Å²) >= 11 is 12.0. The van der Waals surface area contributed by atoms with Gasteiger partial charge < -0.3 is 9.73 Å². The highest BCUT2D eigenvalue weighted by Gasteiger charge is 2.08. The summed E-state index contributed by atoms with van der Waals surface area (Å²) in [5, 5.41) is 3.94. The zero-order chi connectivity index (χ0) is 12.5. The molecule has 5 heteroatoms. The number of rotatable bonds is 2. The minimum Gasteiger partial charge on any atom is -0.423 e. The van der Waals surface area contributed by atoms with Crippen molar-refractivity contribution < 1.29 is 4.42 Å². The Morgan fingerprint density at radius 3 is 2.67 bits per heavy atom. The summed E-state index contributed by atoms with van der Waals surface area (Å²) in [7, 11) is 0. The molecule has 3 rings (SSSR count). The lowest BCUT2D eigenvalue weighted by Crippen LogP contribution is -1.91. The molecular formula is C13H8Cl2N2O. The molecule has 3 aromatic rings. The minimum absolute atomic E-state index is 0.389. The van der Waals surface area contributed by atoms with Crippen LogP contribution >= 0.6 is 23.2 Å². The van der Waals surface area contributed by atoms with Crippen molar-refractivity contribution in [3.05, 3.63) is 52.5 Å². The zero-order valence-electron chi connectivity index (χ0n) is 9.15. The van der Waals surface area contributed by atoms with Crippen molar-refractivity contribution in [2.45, 2.75) is 0 Å². The van der Waals surface area contributed by atoms with Gasteiger partial charge in [-0.2, -0.15) is 4.98 Å². The van der Waals surface area contributed by atoms with E-state index in [-0.39, 0.29) is 0 Å². The van der Waals surface area contributed by atoms with Crippen LogP contribution in [-0.4, -0.2) is 4.98 Å². The van der Waals surface area contributed by atoms with E-state index in [4.69, 9.17) is 27.6 Å². The van der Waals surface area contributed by atoms with E-state index in [0.717, 1.165) is 11.1 Å². The Hall–Kier alpha value is -1.71. The molecule has 1 aromatic heterocycles. The Kier molecular flexibility index (Phi) is 2.86. The molecule has 0 atom stereocenters. The van der Waals surface area contributed by atoms with Gasteiger partial charge in [0.1, 0.15) is 5.52 Å². The summed E-state index contributed by atoms with van der Waals surface area (Å²) in [6, 6.07) is 13.3. The molecule has 0 saturated heterocycles. The van der Waals surface area contributed by atoms with Gasteiger partial charge in [-0.1, -0.05) is 41.4 Å². The second-order valence-corrected chi connectivity index (χ2v) is 4.50. The number of benzene rings is 2. The number of halogens is 2. The van der Waals surface area contributed by atoms with Gasteiger partial charge in [0.2, 0.25) is 0 Å². The zero-order valence-corrected chi connectivity index (χ0v) is 10.7. The Morgan fingerprint density at radius 2 is 1.83 bits per heavy atom. The fourth-order valence-electron chi connectivity index (χ4n) is 1.64. The molecule has 18 heavy (non-hydrogen) atoms. The van der Waals surface area contributed by atoms with Crippen LogP contribution in [0.2, 0.25) is 10.0 Å². The number of anilines is 2. The molecule has 1 heterocycles. The summed E-state index contributed by atoms with van der Waals surface area (Å²) in [4.78, 5) is 4.30. The Morgan fingerprint density at radius 1 is 1.00 bits per heavy atom. The number of nitrogens with one attached hydrogen (secondary N) is 1. The van der Waals surface area contributed by atoms with Gasteiger partial charge in [0.05, 0.1) is 15.7 Å². The molecule has 0 saturated carbocycles. The molecule has 0 aliphatic carbocycles. The molecule has 2 aromatic carbocycles. The van der Waals surface area contributed by atoms with Crippen molar-refractivity contribution in [1.82, 2.24) is 4.98 Å². The smallest absolute Gasteiger partial charge is 0.300 e. The molecule has 3 nitrogen and oxygen atoms in total. The highest BCUT2D eigenvalue weighted by Crippen LogP contribution is 2.32. The van der Waals surface area contributed by atoms with Crippen LogP contribution in [0.3, 0.4) is 0 Å². The molecule has 1 N–H and O–H groups in total. The Labute approximate surface area is 113 Å². The van der Waals surface area contributed by atoms with Crippen LogP contribution in [0.25, 0.3) is 11.1 Å². The molecule has 0 fully saturated rings. The first-order valence-electron chi connectivity index (χ1n) is 5.30. The molecule has 0 unspecified atom stereocenters. The van der Waals surface area contributed by atoms with E-state index >= 15 is 0 Å². The first kappa shape index (κ1) is 11.4. The van der Waals surface area contributed by atoms with E-state index in [1.54, 1.807) is 12.1 Å². The molecule has 0 aliphatic rings. The minimum atomic E-state index is 0.389. The number of oxazole rings is 1. The predicted octanol–water partition coefficient (Wildman–Crippen LogP) is 4.88. The van der Waals surface area contributed by atoms with Crippen molar-refractivity contribution in [2.75, 3.05) is 5.32 Å². The third kappa shape index (κ3) is 2.03. The van der Waals surface area contributed by atoms with Gasteiger partial charge in [0.15, 0.2) is 5.58 Å². The van der Waals surface area contributed by atoms with E-state index in [2.05, 4.69) is 10.3 Å². The van der Waals surface area contributed by atoms with Crippen LogP contribution < -0.4 is 5.32 Å². The van der Waals surface area contributed by atoms with E-state index in [1.165, 1.54) is 0 Å². The van der Waals surface area contributed by atoms with Crippen molar-refractivity contribution >= 4 is 46.0 Å². The molecule has 0 aliphatic heterocycles. The average molecular weight is 279 g/mol. The maximum Gasteiger partial charge on any atom is 0.300 e. The predicted molar refractivity (Wildman–Crippen MR) is 73.8 cm³/mol. The number of hydrogen-bond acceptors (Lipinski definition) is 3. The lowest BCUT2D eigenvalue weighted by Gasteiger charge is -2.04. The first-order valence-corrected chi connectivity index (χ1v) is 6.06. The summed E-state index contributed by atoms with van der Waals surface area (Å²) < 4.78 is 5.54. The monoisotopic (exact) mass is 278 g/mol. The number of hydrogen-bond donors (Lipinski definition) is 1. The number of para-hydroxylation sites is 2. The van der Waals surface area contributed by atoms with Crippen molar-refractivity contribution in [3.63, 3.8) is 0 Å². The Bertz CT molecular complexity index is 676. The highest BCUT2D eigenvalue weighted by molar-refractivity contribution is 6.43. The highest BCUT2D eigenvalue weighted by atomic mass is 35.5. The maximum atomic E-state index is 6.08. The third-order valence-electron chi connectivity index (χ3n) is 2.49. The van der Waals surface area contributed by atoms with E-state index in [9.17, 15) is 0 Å². The van der Waals surface area contributed by atoms with Crippen molar-refractivity contribution in [3.8, 4) is 0 Å². The normalized spacial score (nSPS) is 10.8. The fraction of sp³-hybridized carbons (Fsp3) is 0. The Balaban J connectivity index is 1.99. The lowest BCUT2D eigenvalue weighted by atomic mass is 10.3. The summed E-state index contributed by atoms with van der Waals surface area (Å²) in [6.45, 7) is 0. The molecule has 0 bridgehead atoms. The maximum absolute atomic E-state index is 6.08. The molecular weight excluding hydrogens is 271 g/mol. The van der Waals surface area contributed by atoms with Crippen molar-refractivity contribution in [1.29, 1.82) is 0 Å². The van der Waals surface area contributed by atoms with Gasteiger partial charge in [0.25, 0.3) is 6.01 Å². The van der Waals surface area contributed by atoms with E-state index in [1.807, 2.05) is 30.3 Å². The van der Waals surface area contributed by atoms with Gasteiger partial charge in [-0.15, -0.1) is 0 Å². The van der Waals surface area contributed by atoms with Crippen LogP contribution in [0.1, 0.15) is 0 Å². The van der Waals surface area contributed by atoms with Crippen LogP contribution in [0.4, 0.5) is 11.7 Å². The van der Waals surface area contributed by atoms with Gasteiger partial charge in [-0.3, -0.25) is 0 Å². The summed E-state index contributed by atoms with van der Waals surface area (Å²) in [6.07, 6.45) is 0. The second-order valence-electron chi connectivity index (χ2n) is 3.71. The average Bonchev–Trinajstić information content (AvgIpc) is 2.77. The third-order valence-corrected chi connectivity index (χ3v) is 3.31. The largest absolute Gasteiger partial charge is 0.423 e. The lowest BCUT2D eigenvalue weighted by molar-refractivity contribution is 0.623. The van der Waals surface area contributed by atoms with Gasteiger partial charge in [-0.25, -0.2) is 0 Å². The van der Waals surface area contributed by atoms with Gasteiger partial charge in [-0.05, 0) is 24.3 Å². The van der Waals surface area contributed by atoms with E-state index < -0.39 is 0 Å². The number of fused-ring (bicyclic) bond motifs is 1. The molecule has 0 amide bonds. The van der Waals surface area contributed by atoms with Crippen LogP contribution in [0.5, 0.6) is 0 Å². The van der Waals surface area contributed by atoms with Crippen molar-refractivity contribution in [2.24, 2.45) is 0 Å². The quantitative estimate of drug-likeness (QED) is 0.726. The number of nitrogens with zero attached hydrogens (tertiary/aromatic N) is 1.